The van der Waals surface area contributed by atoms with Crippen molar-refractivity contribution in [1.82, 2.24) is 0 Å². The monoisotopic (exact) mass is 1370 g/mol. The van der Waals surface area contributed by atoms with E-state index in [2.05, 4.69) is 55.4 Å². The number of hydrogen-bond acceptors (Lipinski definition) is 15. The van der Waals surface area contributed by atoms with Gasteiger partial charge in [0.15, 0.2) is 12.2 Å². The van der Waals surface area contributed by atoms with Crippen LogP contribution in [-0.2, 0) is 65.4 Å². The van der Waals surface area contributed by atoms with Crippen LogP contribution in [0.5, 0.6) is 0 Å². The molecule has 0 heterocycles. The molecule has 0 saturated heterocycles. The highest BCUT2D eigenvalue weighted by Gasteiger charge is 2.30. The molecule has 0 spiro atoms. The lowest BCUT2D eigenvalue weighted by atomic mass is 9.99. The van der Waals surface area contributed by atoms with Gasteiger partial charge in [0.05, 0.1) is 26.4 Å². The maximum atomic E-state index is 13.0. The molecule has 93 heavy (non-hydrogen) atoms. The Balaban J connectivity index is 5.14. The van der Waals surface area contributed by atoms with Crippen molar-refractivity contribution in [2.24, 2.45) is 23.7 Å². The molecule has 0 aliphatic carbocycles. The molecule has 0 rings (SSSR count). The van der Waals surface area contributed by atoms with Crippen LogP contribution < -0.4 is 0 Å². The van der Waals surface area contributed by atoms with Crippen molar-refractivity contribution in [3.05, 3.63) is 0 Å². The smallest absolute Gasteiger partial charge is 0.462 e. The molecule has 7 atom stereocenters. The summed E-state index contributed by atoms with van der Waals surface area (Å²) in [6.07, 6.45) is 47.6. The molecule has 0 saturated carbocycles. The van der Waals surface area contributed by atoms with Crippen LogP contribution in [0.4, 0.5) is 0 Å². The molecule has 17 nitrogen and oxygen atoms in total. The molecule has 4 unspecified atom stereocenters. The number of aliphatic hydroxyl groups excluding tert-OH is 1. The maximum absolute atomic E-state index is 13.0. The Hall–Kier alpha value is -1.94. The molecule has 552 valence electrons. The quantitative estimate of drug-likeness (QED) is 0.0222. The first-order valence-corrected chi connectivity index (χ1v) is 41.3. The Bertz CT molecular complexity index is 1840. The number of aliphatic hydroxyl groups is 1. The normalized spacial score (nSPS) is 14.8. The Kier molecular flexibility index (Phi) is 62.2. The summed E-state index contributed by atoms with van der Waals surface area (Å²) >= 11 is 0. The largest absolute Gasteiger partial charge is 0.472 e. The third-order valence-corrected chi connectivity index (χ3v) is 19.7. The van der Waals surface area contributed by atoms with E-state index in [4.69, 9.17) is 37.0 Å². The summed E-state index contributed by atoms with van der Waals surface area (Å²) in [5.41, 5.74) is 0. The molecular weight excluding hydrogens is 1220 g/mol. The molecule has 0 radical (unpaired) electrons. The number of ether oxygens (including phenoxy) is 4. The topological polar surface area (TPSA) is 237 Å². The van der Waals surface area contributed by atoms with Crippen LogP contribution in [0.15, 0.2) is 0 Å². The molecule has 3 N–H and O–H groups in total. The van der Waals surface area contributed by atoms with E-state index in [1.165, 1.54) is 167 Å². The molecule has 0 aromatic rings. The average Bonchev–Trinajstić information content (AvgIpc) is 3.31. The van der Waals surface area contributed by atoms with Crippen molar-refractivity contribution >= 4 is 39.5 Å². The van der Waals surface area contributed by atoms with Crippen LogP contribution >= 0.6 is 15.6 Å². The summed E-state index contributed by atoms with van der Waals surface area (Å²) in [5, 5.41) is 10.6. The number of rotatable bonds is 71. The predicted molar refractivity (Wildman–Crippen MR) is 377 cm³/mol. The van der Waals surface area contributed by atoms with E-state index in [9.17, 15) is 43.2 Å². The zero-order valence-corrected chi connectivity index (χ0v) is 62.7. The second-order valence-electron chi connectivity index (χ2n) is 28.1. The van der Waals surface area contributed by atoms with Gasteiger partial charge in [0, 0.05) is 25.7 Å². The number of hydrogen-bond donors (Lipinski definition) is 3. The van der Waals surface area contributed by atoms with Gasteiger partial charge in [-0.2, -0.15) is 0 Å². The van der Waals surface area contributed by atoms with E-state index >= 15 is 0 Å². The minimum atomic E-state index is -4.95. The van der Waals surface area contributed by atoms with E-state index in [-0.39, 0.29) is 25.7 Å². The summed E-state index contributed by atoms with van der Waals surface area (Å²) in [6, 6.07) is 0. The van der Waals surface area contributed by atoms with E-state index in [1.54, 1.807) is 0 Å². The van der Waals surface area contributed by atoms with Gasteiger partial charge < -0.3 is 33.8 Å². The number of phosphoric acid groups is 2. The summed E-state index contributed by atoms with van der Waals surface area (Å²) in [7, 11) is -9.91. The van der Waals surface area contributed by atoms with Crippen LogP contribution in [0, 0.1) is 23.7 Å². The van der Waals surface area contributed by atoms with Crippen LogP contribution in [0.25, 0.3) is 0 Å². The summed E-state index contributed by atoms with van der Waals surface area (Å²) < 4.78 is 68.3. The second kappa shape index (κ2) is 63.5. The van der Waals surface area contributed by atoms with Crippen LogP contribution in [0.3, 0.4) is 0 Å². The summed E-state index contributed by atoms with van der Waals surface area (Å²) in [6.45, 7) is 14.1. The third kappa shape index (κ3) is 65.8. The van der Waals surface area contributed by atoms with E-state index in [0.29, 0.717) is 31.6 Å². The van der Waals surface area contributed by atoms with E-state index in [0.717, 1.165) is 114 Å². The number of esters is 4. The predicted octanol–water partition coefficient (Wildman–Crippen LogP) is 21.3. The molecule has 0 aliphatic rings. The van der Waals surface area contributed by atoms with Gasteiger partial charge in [-0.15, -0.1) is 0 Å². The number of unbranched alkanes of at least 4 members (excludes halogenated alkanes) is 35. The Morgan fingerprint density at radius 3 is 0.763 bits per heavy atom. The van der Waals surface area contributed by atoms with Crippen LogP contribution in [0.1, 0.15) is 370 Å². The Morgan fingerprint density at radius 1 is 0.301 bits per heavy atom. The Labute approximate surface area is 568 Å². The maximum Gasteiger partial charge on any atom is 0.472 e. The SMILES string of the molecule is CCC(C)CCCCCCCCCCCCCCCCCCCCC(=O)O[C@H](COC(=O)CCCCCCCCC(C)CC)COP(=O)(O)OC[C@H](O)COP(=O)(O)OC[C@@H](COC(=O)CCCCCCCCCCCC(C)C)OC(=O)CCCCCCCCC(C)C. The van der Waals surface area contributed by atoms with Crippen LogP contribution in [-0.4, -0.2) is 96.7 Å². The minimum Gasteiger partial charge on any atom is -0.462 e. The minimum absolute atomic E-state index is 0.101. The zero-order chi connectivity index (χ0) is 68.9. The first-order valence-electron chi connectivity index (χ1n) is 38.3. The number of carbonyl (C=O) groups excluding carboxylic acids is 4. The van der Waals surface area contributed by atoms with Crippen molar-refractivity contribution < 1.29 is 80.2 Å². The standard InChI is InChI=1S/C74H144O17P2/c1-9-66(7)52-44-36-27-23-19-17-15-13-11-12-14-16-18-20-24-29-40-48-56-73(78)90-69(61-85-72(77)55-47-39-33-31-37-45-53-67(8)10-2)62-88-92(80,81)86-58-68(75)59-87-93(82,83)89-63-70(91-74(79)57-49-41-32-30-35-43-51-65(5)6)60-84-71(76)54-46-38-28-25-21-22-26-34-42-50-64(3)4/h64-70,75H,9-63H2,1-8H3,(H,80,81)(H,82,83)/t66?,67?,68-,69+,70+/m0/s1. The highest BCUT2D eigenvalue weighted by molar-refractivity contribution is 7.47. The lowest BCUT2D eigenvalue weighted by Gasteiger charge is -2.21. The number of phosphoric ester groups is 2. The van der Waals surface area contributed by atoms with Gasteiger partial charge in [-0.1, -0.05) is 319 Å². The fraction of sp³-hybridized carbons (Fsp3) is 0.946. The van der Waals surface area contributed by atoms with Gasteiger partial charge in [0.2, 0.25) is 0 Å². The molecule has 0 bridgehead atoms. The lowest BCUT2D eigenvalue weighted by molar-refractivity contribution is -0.161. The van der Waals surface area contributed by atoms with Crippen molar-refractivity contribution in [2.75, 3.05) is 39.6 Å². The number of carbonyl (C=O) groups is 4. The lowest BCUT2D eigenvalue weighted by Crippen LogP contribution is -2.30. The Morgan fingerprint density at radius 2 is 0.516 bits per heavy atom. The molecule has 0 aromatic carbocycles. The average molecular weight is 1370 g/mol. The molecule has 0 fully saturated rings. The van der Waals surface area contributed by atoms with Gasteiger partial charge in [-0.25, -0.2) is 9.13 Å². The fourth-order valence-electron chi connectivity index (χ4n) is 11.1. The van der Waals surface area contributed by atoms with Gasteiger partial charge in [-0.05, 0) is 49.4 Å². The molecule has 0 amide bonds. The summed E-state index contributed by atoms with van der Waals surface area (Å²) in [4.78, 5) is 72.6. The van der Waals surface area contributed by atoms with E-state index in [1.807, 2.05) is 0 Å². The molecular formula is C74H144O17P2. The fourth-order valence-corrected chi connectivity index (χ4v) is 12.7. The van der Waals surface area contributed by atoms with Crippen molar-refractivity contribution in [1.29, 1.82) is 0 Å². The van der Waals surface area contributed by atoms with Crippen molar-refractivity contribution in [3.8, 4) is 0 Å². The highest BCUT2D eigenvalue weighted by Crippen LogP contribution is 2.45. The van der Waals surface area contributed by atoms with Gasteiger partial charge in [0.1, 0.15) is 19.3 Å². The van der Waals surface area contributed by atoms with Gasteiger partial charge in [0.25, 0.3) is 0 Å². The first-order chi connectivity index (χ1) is 44.7. The van der Waals surface area contributed by atoms with Crippen molar-refractivity contribution in [2.45, 2.75) is 388 Å². The highest BCUT2D eigenvalue weighted by atomic mass is 31.2. The first kappa shape index (κ1) is 91.1. The van der Waals surface area contributed by atoms with E-state index < -0.39 is 97.5 Å². The summed E-state index contributed by atoms with van der Waals surface area (Å²) in [5.74, 6) is 0.884. The van der Waals surface area contributed by atoms with Crippen molar-refractivity contribution in [3.63, 3.8) is 0 Å². The third-order valence-electron chi connectivity index (χ3n) is 17.8. The molecule has 0 aromatic heterocycles. The zero-order valence-electron chi connectivity index (χ0n) is 60.9. The second-order valence-corrected chi connectivity index (χ2v) is 31.0. The van der Waals surface area contributed by atoms with Crippen LogP contribution in [0.2, 0.25) is 0 Å². The molecule has 0 aliphatic heterocycles. The van der Waals surface area contributed by atoms with Gasteiger partial charge >= 0.3 is 39.5 Å². The van der Waals surface area contributed by atoms with Gasteiger partial charge in [-0.3, -0.25) is 37.3 Å². The molecule has 19 heteroatoms.